The van der Waals surface area contributed by atoms with Gasteiger partial charge in [-0.25, -0.2) is 0 Å². The Labute approximate surface area is 157 Å². The van der Waals surface area contributed by atoms with Crippen LogP contribution in [-0.2, 0) is 0 Å². The summed E-state index contributed by atoms with van der Waals surface area (Å²) in [5.74, 6) is 0. The molecule has 0 aliphatic heterocycles. The fourth-order valence-corrected chi connectivity index (χ4v) is 14.0. The first kappa shape index (κ1) is 28.4. The Kier molecular flexibility index (Phi) is 11.7. The van der Waals surface area contributed by atoms with Crippen molar-refractivity contribution in [2.75, 3.05) is 84.6 Å². The summed E-state index contributed by atoms with van der Waals surface area (Å²) < 4.78 is 57.1. The molecule has 14 heteroatoms. The topological polar surface area (TPSA) is 33.4 Å². The van der Waals surface area contributed by atoms with E-state index in [0.717, 1.165) is 0 Å². The summed E-state index contributed by atoms with van der Waals surface area (Å²) in [5.41, 5.74) is 0. The Balaban J connectivity index is 0. The summed E-state index contributed by atoms with van der Waals surface area (Å²) >= 11 is 0. The molecule has 0 fully saturated rings. The second-order valence-corrected chi connectivity index (χ2v) is 15.4. The van der Waals surface area contributed by atoms with Gasteiger partial charge in [0.25, 0.3) is 0 Å². The van der Waals surface area contributed by atoms with E-state index < -0.39 is 22.6 Å². The maximum absolute atomic E-state index is 9.75. The zero-order valence-corrected chi connectivity index (χ0v) is 20.1. The summed E-state index contributed by atoms with van der Waals surface area (Å²) in [6, 6.07) is 0. The van der Waals surface area contributed by atoms with Gasteiger partial charge in [0.05, 0.1) is 0 Å². The van der Waals surface area contributed by atoms with Crippen LogP contribution in [0.25, 0.3) is 0 Å². The van der Waals surface area contributed by atoms with Crippen molar-refractivity contribution in [1.29, 1.82) is 0 Å². The molecule has 0 amide bonds. The molecule has 0 bridgehead atoms. The fraction of sp³-hybridized carbons (Fsp3) is 1.00. The van der Waals surface area contributed by atoms with Crippen molar-refractivity contribution in [2.24, 2.45) is 0 Å². The average Bonchev–Trinajstić information content (AvgIpc) is 2.34. The van der Waals surface area contributed by atoms with E-state index in [1.165, 1.54) is 0 Å². The van der Waals surface area contributed by atoms with Crippen molar-refractivity contribution in [2.45, 2.75) is 0 Å². The minimum absolute atomic E-state index is 1.81. The molecule has 26 heavy (non-hydrogen) atoms. The Morgan fingerprint density at radius 2 is 0.769 bits per heavy atom. The molecule has 0 aromatic heterocycles. The van der Waals surface area contributed by atoms with Gasteiger partial charge in [0, 0.05) is 0 Å². The quantitative estimate of drug-likeness (QED) is 0.371. The fourth-order valence-electron chi connectivity index (χ4n) is 3.07. The monoisotopic (exact) mass is 429 g/mol. The van der Waals surface area contributed by atoms with Crippen molar-refractivity contribution in [3.63, 3.8) is 0 Å². The van der Waals surface area contributed by atoms with E-state index in [9.17, 15) is 17.3 Å². The standard InChI is InChI=1S/C12H37N7P2.BF4/c1-14(2)20(15(3)4,16(5)6)13-21(17(7)8,18(9)10)19(11)12;2-1(3,4)5/h20H,1-12H3;/q;-1/p+1. The van der Waals surface area contributed by atoms with Crippen LogP contribution in [0, 0.1) is 0 Å². The van der Waals surface area contributed by atoms with Crippen LogP contribution in [0.5, 0.6) is 0 Å². The number of nitrogens with one attached hydrogen (secondary N) is 1. The summed E-state index contributed by atoms with van der Waals surface area (Å²) in [7, 11) is 15.9. The summed E-state index contributed by atoms with van der Waals surface area (Å²) in [5, 5.41) is 0. The number of halogens is 4. The SMILES string of the molecule is CN(C)P(=[NH+][PH](N(C)C)(N(C)C)N(C)C)(N(C)C)N(C)C.F[B-](F)(F)F. The largest absolute Gasteiger partial charge is 0.673 e. The Morgan fingerprint density at radius 3 is 0.885 bits per heavy atom. The molecular weight excluding hydrogens is 391 g/mol. The molecule has 0 saturated carbocycles. The van der Waals surface area contributed by atoms with Crippen molar-refractivity contribution >= 4 is 22.6 Å². The Bertz CT molecular complexity index is 415. The predicted molar refractivity (Wildman–Crippen MR) is 109 cm³/mol. The van der Waals surface area contributed by atoms with Crippen molar-refractivity contribution < 1.29 is 21.8 Å². The molecular formula is C12H38BF4N7P2. The third-order valence-corrected chi connectivity index (χ3v) is 13.3. The molecule has 0 rings (SSSR count). The van der Waals surface area contributed by atoms with Crippen LogP contribution in [-0.4, -0.2) is 120 Å². The van der Waals surface area contributed by atoms with Crippen LogP contribution in [0.1, 0.15) is 0 Å². The first-order valence-electron chi connectivity index (χ1n) is 7.98. The van der Waals surface area contributed by atoms with Gasteiger partial charge in [-0.2, -0.15) is 0 Å². The number of hydrogen-bond acceptors (Lipinski definition) is 3. The number of nitrogens with zero attached hydrogens (tertiary/aromatic N) is 6. The van der Waals surface area contributed by atoms with E-state index in [0.29, 0.717) is 0 Å². The van der Waals surface area contributed by atoms with Gasteiger partial charge in [0.2, 0.25) is 0 Å². The zero-order chi connectivity index (χ0) is 21.7. The van der Waals surface area contributed by atoms with Crippen LogP contribution in [0.15, 0.2) is 0 Å². The summed E-state index contributed by atoms with van der Waals surface area (Å²) in [6.07, 6.45) is 0. The number of rotatable bonds is 7. The van der Waals surface area contributed by atoms with Crippen LogP contribution in [0.2, 0.25) is 0 Å². The molecule has 162 valence electrons. The molecule has 0 radical (unpaired) electrons. The predicted octanol–water partition coefficient (Wildman–Crippen LogP) is 1.09. The van der Waals surface area contributed by atoms with Crippen LogP contribution < -0.4 is 4.52 Å². The van der Waals surface area contributed by atoms with Gasteiger partial charge < -0.3 is 17.3 Å². The van der Waals surface area contributed by atoms with E-state index in [2.05, 4.69) is 117 Å². The summed E-state index contributed by atoms with van der Waals surface area (Å²) in [6.45, 7) is 0. The van der Waals surface area contributed by atoms with Crippen LogP contribution in [0.3, 0.4) is 0 Å². The normalized spacial score (nSPS) is 14.5. The van der Waals surface area contributed by atoms with Gasteiger partial charge in [-0.3, -0.25) is 0 Å². The van der Waals surface area contributed by atoms with Crippen LogP contribution >= 0.6 is 15.4 Å². The summed E-state index contributed by atoms with van der Waals surface area (Å²) in [4.78, 5) is 0. The maximum atomic E-state index is 9.75. The van der Waals surface area contributed by atoms with Crippen LogP contribution in [0.4, 0.5) is 17.3 Å². The molecule has 0 aliphatic rings. The van der Waals surface area contributed by atoms with E-state index in [1.807, 2.05) is 0 Å². The van der Waals surface area contributed by atoms with E-state index in [1.54, 1.807) is 0 Å². The van der Waals surface area contributed by atoms with Crippen molar-refractivity contribution in [3.05, 3.63) is 0 Å². The molecule has 0 spiro atoms. The van der Waals surface area contributed by atoms with E-state index in [4.69, 9.17) is 0 Å². The third kappa shape index (κ3) is 7.32. The van der Waals surface area contributed by atoms with Gasteiger partial charge in [-0.05, 0) is 0 Å². The molecule has 1 N–H and O–H groups in total. The first-order valence-corrected chi connectivity index (χ1v) is 11.5. The molecule has 0 heterocycles. The third-order valence-electron chi connectivity index (χ3n) is 3.84. The maximum Gasteiger partial charge on any atom is 0.673 e. The molecule has 0 atom stereocenters. The first-order chi connectivity index (χ1) is 11.4. The van der Waals surface area contributed by atoms with Gasteiger partial charge >= 0.3 is 140 Å². The van der Waals surface area contributed by atoms with Gasteiger partial charge in [0.15, 0.2) is 0 Å². The molecule has 0 unspecified atom stereocenters. The van der Waals surface area contributed by atoms with Crippen molar-refractivity contribution in [1.82, 2.24) is 28.0 Å². The zero-order valence-electron chi connectivity index (χ0n) is 18.2. The van der Waals surface area contributed by atoms with Crippen molar-refractivity contribution in [3.8, 4) is 0 Å². The van der Waals surface area contributed by atoms with Gasteiger partial charge in [-0.1, -0.05) is 0 Å². The molecule has 7 nitrogen and oxygen atoms in total. The average molecular weight is 429 g/mol. The van der Waals surface area contributed by atoms with Gasteiger partial charge in [0.1, 0.15) is 0 Å². The molecule has 0 aliphatic carbocycles. The Morgan fingerprint density at radius 1 is 0.577 bits per heavy atom. The smallest absolute Gasteiger partial charge is 0.418 e. The second-order valence-electron chi connectivity index (χ2n) is 7.04. The van der Waals surface area contributed by atoms with E-state index in [-0.39, 0.29) is 0 Å². The molecule has 0 saturated heterocycles. The van der Waals surface area contributed by atoms with E-state index >= 15 is 0 Å². The minimum Gasteiger partial charge on any atom is -0.418 e. The molecule has 0 aromatic rings. The second kappa shape index (κ2) is 10.7. The Hall–Kier alpha value is 0.205. The minimum atomic E-state index is -6.00. The molecule has 0 aromatic carbocycles. The number of hydrogen-bond donors (Lipinski definition) is 1. The van der Waals surface area contributed by atoms with Gasteiger partial charge in [-0.15, -0.1) is 0 Å².